The number of nitrogens with zero attached hydrogens (tertiary/aromatic N) is 2. The molecular formula is C21H23N3O2S2. The molecule has 0 bridgehead atoms. The van der Waals surface area contributed by atoms with Crippen molar-refractivity contribution in [3.05, 3.63) is 65.2 Å². The van der Waals surface area contributed by atoms with Crippen molar-refractivity contribution in [2.75, 3.05) is 11.9 Å². The van der Waals surface area contributed by atoms with Gasteiger partial charge in [0.25, 0.3) is 5.91 Å². The topological polar surface area (TPSA) is 64.1 Å². The number of para-hydroxylation sites is 1. The number of hydrogen-bond acceptors (Lipinski definition) is 6. The summed E-state index contributed by atoms with van der Waals surface area (Å²) in [5.41, 5.74) is 2.98. The third kappa shape index (κ3) is 5.81. The maximum atomic E-state index is 12.6. The minimum absolute atomic E-state index is 0.238. The number of anilines is 1. The predicted molar refractivity (Wildman–Crippen MR) is 115 cm³/mol. The molecule has 7 heteroatoms. The first-order valence-electron chi connectivity index (χ1n) is 9.20. The van der Waals surface area contributed by atoms with E-state index in [-0.39, 0.29) is 5.91 Å². The molecule has 0 spiro atoms. The van der Waals surface area contributed by atoms with Crippen molar-refractivity contribution in [1.29, 1.82) is 0 Å². The zero-order chi connectivity index (χ0) is 19.8. The number of rotatable bonds is 9. The Morgan fingerprint density at radius 2 is 2.04 bits per heavy atom. The zero-order valence-corrected chi connectivity index (χ0v) is 17.6. The molecule has 146 valence electrons. The Morgan fingerprint density at radius 3 is 2.86 bits per heavy atom. The summed E-state index contributed by atoms with van der Waals surface area (Å²) in [6.45, 7) is 4.78. The molecule has 5 nitrogen and oxygen atoms in total. The number of amides is 1. The monoisotopic (exact) mass is 413 g/mol. The number of ether oxygens (including phenoxy) is 1. The van der Waals surface area contributed by atoms with E-state index in [1.165, 1.54) is 22.5 Å². The molecule has 2 aromatic carbocycles. The molecule has 0 aliphatic carbocycles. The van der Waals surface area contributed by atoms with Gasteiger partial charge in [-0.2, -0.15) is 0 Å². The first-order valence-corrected chi connectivity index (χ1v) is 11.0. The van der Waals surface area contributed by atoms with Gasteiger partial charge in [-0.05, 0) is 31.0 Å². The summed E-state index contributed by atoms with van der Waals surface area (Å²) in [6, 6.07) is 15.6. The van der Waals surface area contributed by atoms with Crippen molar-refractivity contribution in [2.45, 2.75) is 36.8 Å². The van der Waals surface area contributed by atoms with Crippen LogP contribution in [0.3, 0.4) is 0 Å². The molecule has 0 fully saturated rings. The maximum Gasteiger partial charge on any atom is 0.261 e. The van der Waals surface area contributed by atoms with E-state index in [1.807, 2.05) is 18.2 Å². The van der Waals surface area contributed by atoms with Gasteiger partial charge in [-0.1, -0.05) is 78.4 Å². The van der Waals surface area contributed by atoms with Crippen LogP contribution < -0.4 is 10.1 Å². The second kappa shape index (κ2) is 10.2. The fourth-order valence-corrected chi connectivity index (χ4v) is 4.23. The average Bonchev–Trinajstić information content (AvgIpc) is 3.14. The van der Waals surface area contributed by atoms with Gasteiger partial charge in [0.05, 0.1) is 12.2 Å². The molecule has 1 aromatic heterocycles. The second-order valence-corrected chi connectivity index (χ2v) is 8.50. The van der Waals surface area contributed by atoms with Crippen LogP contribution in [0.1, 0.15) is 41.3 Å². The van der Waals surface area contributed by atoms with E-state index < -0.39 is 0 Å². The van der Waals surface area contributed by atoms with E-state index in [1.54, 1.807) is 17.8 Å². The number of carbonyl (C=O) groups is 1. The van der Waals surface area contributed by atoms with Gasteiger partial charge in [0.2, 0.25) is 5.13 Å². The first kappa shape index (κ1) is 20.4. The number of carbonyl (C=O) groups excluding carboxylic acids is 1. The number of nitrogens with one attached hydrogen (secondary N) is 1. The van der Waals surface area contributed by atoms with Gasteiger partial charge >= 0.3 is 0 Å². The lowest BCUT2D eigenvalue weighted by molar-refractivity contribution is 0.102. The molecular weight excluding hydrogens is 390 g/mol. The van der Waals surface area contributed by atoms with Crippen LogP contribution in [-0.4, -0.2) is 22.7 Å². The van der Waals surface area contributed by atoms with Crippen LogP contribution in [-0.2, 0) is 5.75 Å². The Bertz CT molecular complexity index is 927. The number of aryl methyl sites for hydroxylation is 1. The summed E-state index contributed by atoms with van der Waals surface area (Å²) in [6.07, 6.45) is 2.00. The number of benzene rings is 2. The normalized spacial score (nSPS) is 10.6. The average molecular weight is 414 g/mol. The van der Waals surface area contributed by atoms with E-state index >= 15 is 0 Å². The number of aromatic nitrogens is 2. The molecule has 0 radical (unpaired) electrons. The Morgan fingerprint density at radius 1 is 1.18 bits per heavy atom. The third-order valence-corrected chi connectivity index (χ3v) is 6.00. The first-order chi connectivity index (χ1) is 13.7. The smallest absolute Gasteiger partial charge is 0.261 e. The number of unbranched alkanes of at least 4 members (excludes halogenated alkanes) is 1. The molecule has 3 aromatic rings. The summed E-state index contributed by atoms with van der Waals surface area (Å²) in [5.74, 6) is 1.17. The van der Waals surface area contributed by atoms with Crippen LogP contribution in [0.25, 0.3) is 0 Å². The van der Waals surface area contributed by atoms with Crippen LogP contribution in [0.5, 0.6) is 5.75 Å². The highest BCUT2D eigenvalue weighted by atomic mass is 32.2. The molecule has 1 amide bonds. The van der Waals surface area contributed by atoms with Crippen LogP contribution in [0, 0.1) is 6.92 Å². The van der Waals surface area contributed by atoms with E-state index in [9.17, 15) is 4.79 Å². The second-order valence-electron chi connectivity index (χ2n) is 6.30. The van der Waals surface area contributed by atoms with Crippen molar-refractivity contribution >= 4 is 34.1 Å². The lowest BCUT2D eigenvalue weighted by Crippen LogP contribution is -2.13. The van der Waals surface area contributed by atoms with Gasteiger partial charge in [0.15, 0.2) is 4.34 Å². The van der Waals surface area contributed by atoms with Crippen LogP contribution in [0.2, 0.25) is 0 Å². The van der Waals surface area contributed by atoms with Crippen molar-refractivity contribution in [1.82, 2.24) is 10.2 Å². The Hall–Kier alpha value is -2.38. The van der Waals surface area contributed by atoms with Gasteiger partial charge < -0.3 is 4.74 Å². The van der Waals surface area contributed by atoms with Gasteiger partial charge in [-0.15, -0.1) is 10.2 Å². The highest BCUT2D eigenvalue weighted by Crippen LogP contribution is 2.29. The number of hydrogen-bond donors (Lipinski definition) is 1. The summed E-state index contributed by atoms with van der Waals surface area (Å²) in [5, 5.41) is 11.6. The van der Waals surface area contributed by atoms with Gasteiger partial charge in [0.1, 0.15) is 5.75 Å². The Kier molecular flexibility index (Phi) is 7.45. The van der Waals surface area contributed by atoms with E-state index in [0.29, 0.717) is 23.1 Å². The molecule has 1 heterocycles. The molecule has 0 saturated carbocycles. The summed E-state index contributed by atoms with van der Waals surface area (Å²) in [4.78, 5) is 12.6. The quantitative estimate of drug-likeness (QED) is 0.282. The van der Waals surface area contributed by atoms with Crippen LogP contribution in [0.4, 0.5) is 5.13 Å². The molecule has 0 aliphatic heterocycles. The molecule has 0 aliphatic rings. The highest BCUT2D eigenvalue weighted by molar-refractivity contribution is 8.00. The van der Waals surface area contributed by atoms with Crippen molar-refractivity contribution < 1.29 is 9.53 Å². The lowest BCUT2D eigenvalue weighted by Gasteiger charge is -2.10. The van der Waals surface area contributed by atoms with Gasteiger partial charge in [-0.3, -0.25) is 10.1 Å². The van der Waals surface area contributed by atoms with Gasteiger partial charge in [-0.25, -0.2) is 0 Å². The van der Waals surface area contributed by atoms with Gasteiger partial charge in [0, 0.05) is 5.75 Å². The van der Waals surface area contributed by atoms with E-state index in [4.69, 9.17) is 4.74 Å². The lowest BCUT2D eigenvalue weighted by atomic mass is 10.2. The highest BCUT2D eigenvalue weighted by Gasteiger charge is 2.15. The minimum Gasteiger partial charge on any atom is -0.493 e. The summed E-state index contributed by atoms with van der Waals surface area (Å²) >= 11 is 2.99. The molecule has 0 unspecified atom stereocenters. The van der Waals surface area contributed by atoms with Crippen molar-refractivity contribution in [3.8, 4) is 5.75 Å². The fraction of sp³-hybridized carbons (Fsp3) is 0.286. The van der Waals surface area contributed by atoms with Crippen LogP contribution in [0.15, 0.2) is 52.9 Å². The number of thioether (sulfide) groups is 1. The Labute approximate surface area is 173 Å². The largest absolute Gasteiger partial charge is 0.493 e. The summed E-state index contributed by atoms with van der Waals surface area (Å²) < 4.78 is 6.56. The van der Waals surface area contributed by atoms with Crippen molar-refractivity contribution in [2.24, 2.45) is 0 Å². The zero-order valence-electron chi connectivity index (χ0n) is 16.0. The Balaban J connectivity index is 1.59. The molecule has 3 rings (SSSR count). The third-order valence-electron chi connectivity index (χ3n) is 3.96. The van der Waals surface area contributed by atoms with E-state index in [0.717, 1.165) is 22.9 Å². The molecule has 0 saturated heterocycles. The van der Waals surface area contributed by atoms with Crippen LogP contribution >= 0.6 is 23.1 Å². The molecule has 0 atom stereocenters. The van der Waals surface area contributed by atoms with E-state index in [2.05, 4.69) is 53.6 Å². The predicted octanol–water partition coefficient (Wildman–Crippen LogP) is 5.57. The standard InChI is InChI=1S/C21H23N3O2S2/c1-3-4-12-26-18-11-6-5-10-17(18)19(25)22-20-23-24-21(28-20)27-14-16-9-7-8-15(2)13-16/h5-11,13H,3-4,12,14H2,1-2H3,(H,22,23,25). The van der Waals surface area contributed by atoms with Crippen molar-refractivity contribution in [3.63, 3.8) is 0 Å². The SMILES string of the molecule is CCCCOc1ccccc1C(=O)Nc1nnc(SCc2cccc(C)c2)s1. The fourth-order valence-electron chi connectivity index (χ4n) is 2.54. The molecule has 1 N–H and O–H groups in total. The summed E-state index contributed by atoms with van der Waals surface area (Å²) in [7, 11) is 0. The maximum absolute atomic E-state index is 12.6. The minimum atomic E-state index is -0.238. The molecule has 28 heavy (non-hydrogen) atoms.